The van der Waals surface area contributed by atoms with Crippen LogP contribution in [0.25, 0.3) is 32.5 Å². The molecule has 37 heavy (non-hydrogen) atoms. The first-order chi connectivity index (χ1) is 18.2. The zero-order chi connectivity index (χ0) is 25.2. The van der Waals surface area contributed by atoms with Gasteiger partial charge in [0.1, 0.15) is 0 Å². The number of rotatable bonds is 8. The molecule has 2 unspecified atom stereocenters. The first-order valence-corrected chi connectivity index (χ1v) is 14.0. The molecule has 2 fully saturated rings. The van der Waals surface area contributed by atoms with Gasteiger partial charge >= 0.3 is 0 Å². The minimum Gasteiger partial charge on any atom is -0.385 e. The monoisotopic (exact) mass is 521 g/mol. The van der Waals surface area contributed by atoms with Gasteiger partial charge in [-0.05, 0) is 43.9 Å². The molecule has 5 heterocycles. The summed E-state index contributed by atoms with van der Waals surface area (Å²) in [5.74, 6) is 2.27. The first-order valence-electron chi connectivity index (χ1n) is 13.2. The Labute approximate surface area is 221 Å². The molecule has 4 aromatic rings. The zero-order valence-corrected chi connectivity index (χ0v) is 22.2. The second kappa shape index (κ2) is 11.0. The zero-order valence-electron chi connectivity index (χ0n) is 21.4. The number of nitrogens with one attached hydrogen (secondary N) is 1. The van der Waals surface area contributed by atoms with Crippen LogP contribution in [0.3, 0.4) is 0 Å². The number of nitrogens with two attached hydrogens (primary N) is 1. The molecule has 0 spiro atoms. The number of H-pyrrole nitrogens is 1. The Bertz CT molecular complexity index is 1350. The van der Waals surface area contributed by atoms with Crippen molar-refractivity contribution >= 4 is 38.3 Å². The van der Waals surface area contributed by atoms with Gasteiger partial charge in [-0.15, -0.1) is 11.3 Å². The van der Waals surface area contributed by atoms with Crippen molar-refractivity contribution in [3.05, 3.63) is 35.3 Å². The van der Waals surface area contributed by atoms with E-state index in [9.17, 15) is 0 Å². The van der Waals surface area contributed by atoms with Gasteiger partial charge in [-0.3, -0.25) is 10.00 Å². The van der Waals surface area contributed by atoms with Gasteiger partial charge in [-0.1, -0.05) is 12.1 Å². The number of fused-ring (bicyclic) bond motifs is 2. The number of hydrogen-bond donors (Lipinski definition) is 2. The second-order valence-corrected chi connectivity index (χ2v) is 11.3. The average molecular weight is 522 g/mol. The van der Waals surface area contributed by atoms with Gasteiger partial charge in [0.15, 0.2) is 11.6 Å². The van der Waals surface area contributed by atoms with E-state index in [2.05, 4.69) is 32.1 Å². The highest BCUT2D eigenvalue weighted by Crippen LogP contribution is 2.36. The van der Waals surface area contributed by atoms with Crippen LogP contribution in [0, 0.1) is 5.92 Å². The van der Waals surface area contributed by atoms with Crippen LogP contribution in [0.4, 0.5) is 5.82 Å². The third-order valence-corrected chi connectivity index (χ3v) is 8.73. The predicted molar refractivity (Wildman–Crippen MR) is 148 cm³/mol. The van der Waals surface area contributed by atoms with Crippen LogP contribution in [0.5, 0.6) is 0 Å². The lowest BCUT2D eigenvalue weighted by Crippen LogP contribution is -2.43. The summed E-state index contributed by atoms with van der Waals surface area (Å²) in [5, 5.41) is 8.34. The Morgan fingerprint density at radius 2 is 2.14 bits per heavy atom. The van der Waals surface area contributed by atoms with E-state index < -0.39 is 0 Å². The average Bonchev–Trinajstić information content (AvgIpc) is 3.58. The number of benzene rings is 1. The van der Waals surface area contributed by atoms with Crippen molar-refractivity contribution < 1.29 is 9.47 Å². The van der Waals surface area contributed by atoms with Gasteiger partial charge in [-0.25, -0.2) is 9.97 Å². The molecule has 0 bridgehead atoms. The van der Waals surface area contributed by atoms with E-state index in [1.54, 1.807) is 7.11 Å². The highest BCUT2D eigenvalue weighted by molar-refractivity contribution is 7.19. The molecule has 3 N–H and O–H groups in total. The lowest BCUT2D eigenvalue weighted by Gasteiger charge is -2.35. The fraction of sp³-hybridized carbons (Fsp3) is 0.519. The number of aromatic amines is 1. The Morgan fingerprint density at radius 3 is 3.00 bits per heavy atom. The number of aromatic nitrogens is 4. The second-order valence-electron chi connectivity index (χ2n) is 10.1. The van der Waals surface area contributed by atoms with Crippen LogP contribution in [-0.2, 0) is 16.0 Å². The van der Waals surface area contributed by atoms with Crippen LogP contribution >= 0.6 is 11.3 Å². The molecule has 0 aliphatic carbocycles. The maximum Gasteiger partial charge on any atom is 0.162 e. The molecule has 3 aromatic heterocycles. The summed E-state index contributed by atoms with van der Waals surface area (Å²) in [6, 6.07) is 8.59. The maximum absolute atomic E-state index is 6.51. The molecular weight excluding hydrogens is 486 g/mol. The smallest absolute Gasteiger partial charge is 0.162 e. The molecule has 0 radical (unpaired) electrons. The van der Waals surface area contributed by atoms with Crippen LogP contribution in [-0.4, -0.2) is 84.2 Å². The summed E-state index contributed by atoms with van der Waals surface area (Å²) >= 11 is 1.82. The number of likely N-dealkylation sites (tertiary alicyclic amines) is 1. The summed E-state index contributed by atoms with van der Waals surface area (Å²) in [4.78, 5) is 16.4. The molecule has 1 aromatic carbocycles. The van der Waals surface area contributed by atoms with Crippen molar-refractivity contribution in [3.8, 4) is 11.4 Å². The van der Waals surface area contributed by atoms with Crippen molar-refractivity contribution in [2.45, 2.75) is 31.8 Å². The quantitative estimate of drug-likeness (QED) is 0.362. The van der Waals surface area contributed by atoms with Gasteiger partial charge in [-0.2, -0.15) is 5.10 Å². The van der Waals surface area contributed by atoms with E-state index in [0.717, 1.165) is 97.3 Å². The van der Waals surface area contributed by atoms with Crippen LogP contribution in [0.2, 0.25) is 0 Å². The molecule has 2 aliphatic heterocycles. The molecule has 2 saturated heterocycles. The summed E-state index contributed by atoms with van der Waals surface area (Å²) < 4.78 is 12.1. The third kappa shape index (κ3) is 5.21. The lowest BCUT2D eigenvalue weighted by atomic mass is 9.89. The maximum atomic E-state index is 6.51. The fourth-order valence-corrected chi connectivity index (χ4v) is 6.76. The van der Waals surface area contributed by atoms with Crippen molar-refractivity contribution in [1.82, 2.24) is 25.1 Å². The summed E-state index contributed by atoms with van der Waals surface area (Å²) in [6.45, 7) is 6.90. The predicted octanol–water partition coefficient (Wildman–Crippen LogP) is 3.65. The Balaban J connectivity index is 1.32. The van der Waals surface area contributed by atoms with Gasteiger partial charge in [0, 0.05) is 61.8 Å². The standard InChI is InChI=1S/C27H35N7O2S/c1-35-11-7-22(28)18-4-3-8-33(16-18)17-19-14-24-25(37-19)27(34-9-12-36-13-10-34)31-26(30-24)20-5-2-6-23-21(20)15-29-32-23/h2,5-6,14-15,18,22H,3-4,7-13,16-17,28H2,1H3,(H,29,32). The summed E-state index contributed by atoms with van der Waals surface area (Å²) in [6.07, 6.45) is 5.16. The van der Waals surface area contributed by atoms with E-state index in [4.69, 9.17) is 25.2 Å². The molecule has 9 nitrogen and oxygen atoms in total. The number of morpholine rings is 1. The third-order valence-electron chi connectivity index (χ3n) is 7.62. The Morgan fingerprint density at radius 1 is 1.24 bits per heavy atom. The highest BCUT2D eigenvalue weighted by atomic mass is 32.1. The number of ether oxygens (including phenoxy) is 2. The van der Waals surface area contributed by atoms with E-state index in [0.29, 0.717) is 5.92 Å². The van der Waals surface area contributed by atoms with Crippen molar-refractivity contribution in [2.75, 3.05) is 58.0 Å². The van der Waals surface area contributed by atoms with Crippen LogP contribution < -0.4 is 10.6 Å². The van der Waals surface area contributed by atoms with Crippen molar-refractivity contribution in [1.29, 1.82) is 0 Å². The van der Waals surface area contributed by atoms with Crippen LogP contribution in [0.15, 0.2) is 30.5 Å². The number of hydrogen-bond acceptors (Lipinski definition) is 9. The van der Waals surface area contributed by atoms with Gasteiger partial charge in [0.2, 0.25) is 0 Å². The lowest BCUT2D eigenvalue weighted by molar-refractivity contribution is 0.122. The molecule has 0 amide bonds. The Kier molecular flexibility index (Phi) is 7.34. The first kappa shape index (κ1) is 24.7. The van der Waals surface area contributed by atoms with Crippen molar-refractivity contribution in [2.24, 2.45) is 11.7 Å². The van der Waals surface area contributed by atoms with E-state index in [1.165, 1.54) is 17.7 Å². The number of nitrogens with zero attached hydrogens (tertiary/aromatic N) is 5. The summed E-state index contributed by atoms with van der Waals surface area (Å²) in [5.41, 5.74) is 9.51. The number of piperidine rings is 1. The van der Waals surface area contributed by atoms with Crippen LogP contribution in [0.1, 0.15) is 24.1 Å². The van der Waals surface area contributed by atoms with E-state index in [-0.39, 0.29) is 6.04 Å². The minimum absolute atomic E-state index is 0.192. The molecule has 2 atom stereocenters. The number of methoxy groups -OCH3 is 1. The molecule has 10 heteroatoms. The highest BCUT2D eigenvalue weighted by Gasteiger charge is 2.26. The van der Waals surface area contributed by atoms with E-state index in [1.807, 2.05) is 29.7 Å². The molecule has 196 valence electrons. The largest absolute Gasteiger partial charge is 0.385 e. The van der Waals surface area contributed by atoms with Crippen molar-refractivity contribution in [3.63, 3.8) is 0 Å². The summed E-state index contributed by atoms with van der Waals surface area (Å²) in [7, 11) is 1.75. The Hall–Kier alpha value is -2.63. The minimum atomic E-state index is 0.192. The topological polar surface area (TPSA) is 105 Å². The molecule has 2 aliphatic rings. The number of thiophene rings is 1. The van der Waals surface area contributed by atoms with E-state index >= 15 is 0 Å². The fourth-order valence-electron chi connectivity index (χ4n) is 5.61. The van der Waals surface area contributed by atoms with Gasteiger partial charge in [0.25, 0.3) is 0 Å². The molecule has 0 saturated carbocycles. The van der Waals surface area contributed by atoms with Gasteiger partial charge < -0.3 is 20.1 Å². The normalized spacial score (nSPS) is 20.2. The number of anilines is 1. The SMILES string of the molecule is COCCC(N)C1CCCN(Cc2cc3nc(-c4cccc5[nH]ncc45)nc(N4CCOCC4)c3s2)C1. The molecular formula is C27H35N7O2S. The molecule has 6 rings (SSSR count). The van der Waals surface area contributed by atoms with Gasteiger partial charge in [0.05, 0.1) is 35.1 Å².